The van der Waals surface area contributed by atoms with E-state index >= 15 is 0 Å². The Morgan fingerprint density at radius 3 is 2.15 bits per heavy atom. The third kappa shape index (κ3) is 9.35. The first kappa shape index (κ1) is 22.7. The summed E-state index contributed by atoms with van der Waals surface area (Å²) in [6, 6.07) is 9.29. The van der Waals surface area contributed by atoms with E-state index in [1.807, 2.05) is 30.3 Å². The van der Waals surface area contributed by atoms with Gasteiger partial charge < -0.3 is 15.1 Å². The first-order valence-electron chi connectivity index (χ1n) is 10.3. The Hall–Kier alpha value is -1.39. The molecule has 0 amide bonds. The van der Waals surface area contributed by atoms with E-state index < -0.39 is 6.10 Å². The molecular formula is C22H37NO3. The predicted molar refractivity (Wildman–Crippen MR) is 108 cm³/mol. The van der Waals surface area contributed by atoms with Gasteiger partial charge in [0.15, 0.2) is 0 Å². The highest BCUT2D eigenvalue weighted by atomic mass is 16.5. The molecule has 4 nitrogen and oxygen atoms in total. The Morgan fingerprint density at radius 1 is 0.962 bits per heavy atom. The van der Waals surface area contributed by atoms with E-state index in [4.69, 9.17) is 4.74 Å². The van der Waals surface area contributed by atoms with E-state index in [9.17, 15) is 10.3 Å². The molecule has 0 radical (unpaired) electrons. The number of nitrogens with zero attached hydrogens (tertiary/aromatic N) is 1. The molecule has 0 aliphatic heterocycles. The molecule has 0 bridgehead atoms. The molecule has 0 aliphatic rings. The Bertz CT molecular complexity index is 476. The number of ether oxygens (including phenoxy) is 1. The first-order chi connectivity index (χ1) is 12.7. The molecule has 0 aliphatic carbocycles. The highest BCUT2D eigenvalue weighted by molar-refractivity contribution is 6.03. The summed E-state index contributed by atoms with van der Waals surface area (Å²) in [5, 5.41) is 23.0. The van der Waals surface area contributed by atoms with E-state index in [1.54, 1.807) is 0 Å². The van der Waals surface area contributed by atoms with Crippen molar-refractivity contribution in [2.45, 2.75) is 90.3 Å². The van der Waals surface area contributed by atoms with Crippen LogP contribution in [0, 0.1) is 0 Å². The third-order valence-corrected chi connectivity index (χ3v) is 4.79. The van der Waals surface area contributed by atoms with Crippen molar-refractivity contribution in [3.63, 3.8) is 0 Å². The number of benzene rings is 1. The number of aliphatic hydroxyl groups is 1. The van der Waals surface area contributed by atoms with Crippen molar-refractivity contribution in [3.05, 3.63) is 35.9 Å². The van der Waals surface area contributed by atoms with Gasteiger partial charge in [-0.2, -0.15) is 0 Å². The number of unbranched alkanes of at least 4 members (excludes halogenated alkanes) is 7. The van der Waals surface area contributed by atoms with Gasteiger partial charge in [0.2, 0.25) is 0 Å². The van der Waals surface area contributed by atoms with Gasteiger partial charge in [0.1, 0.15) is 11.8 Å². The van der Waals surface area contributed by atoms with Crippen LogP contribution in [0.5, 0.6) is 0 Å². The van der Waals surface area contributed by atoms with Crippen LogP contribution in [0.2, 0.25) is 0 Å². The van der Waals surface area contributed by atoms with Gasteiger partial charge in [-0.25, -0.2) is 0 Å². The van der Waals surface area contributed by atoms with Gasteiger partial charge in [-0.3, -0.25) is 0 Å². The van der Waals surface area contributed by atoms with Gasteiger partial charge in [0.05, 0.1) is 6.10 Å². The largest absolute Gasteiger partial charge is 0.411 e. The van der Waals surface area contributed by atoms with Crippen molar-refractivity contribution >= 4 is 5.71 Å². The van der Waals surface area contributed by atoms with Gasteiger partial charge in [-0.05, 0) is 12.8 Å². The van der Waals surface area contributed by atoms with Crippen LogP contribution in [-0.2, 0) is 4.74 Å². The van der Waals surface area contributed by atoms with E-state index in [0.717, 1.165) is 25.0 Å². The molecule has 26 heavy (non-hydrogen) atoms. The Balaban J connectivity index is 2.25. The van der Waals surface area contributed by atoms with Crippen molar-refractivity contribution in [1.82, 2.24) is 0 Å². The third-order valence-electron chi connectivity index (χ3n) is 4.79. The van der Waals surface area contributed by atoms with Crippen LogP contribution in [0.15, 0.2) is 35.5 Å². The molecule has 148 valence electrons. The predicted octanol–water partition coefficient (Wildman–Crippen LogP) is 5.55. The number of aliphatic hydroxyl groups excluding tert-OH is 1. The highest BCUT2D eigenvalue weighted by Gasteiger charge is 2.20. The molecule has 2 unspecified atom stereocenters. The second-order valence-electron chi connectivity index (χ2n) is 6.98. The topological polar surface area (TPSA) is 62.0 Å². The van der Waals surface area contributed by atoms with Gasteiger partial charge in [0.25, 0.3) is 0 Å². The Morgan fingerprint density at radius 2 is 1.58 bits per heavy atom. The molecule has 2 N–H and O–H groups in total. The number of oxime groups is 1. The summed E-state index contributed by atoms with van der Waals surface area (Å²) in [6.07, 6.45) is 10.7. The lowest BCUT2D eigenvalue weighted by molar-refractivity contribution is 0.0225. The van der Waals surface area contributed by atoms with Gasteiger partial charge >= 0.3 is 0 Å². The van der Waals surface area contributed by atoms with E-state index in [0.29, 0.717) is 12.1 Å². The van der Waals surface area contributed by atoms with Crippen molar-refractivity contribution in [2.75, 3.05) is 6.61 Å². The standard InChI is InChI=1S/C22H37NO3/c1-3-5-6-7-8-9-10-14-17-26-20(4-2)18-21(24)22(23-25)19-15-12-11-13-16-19/h11-13,15-16,20-21,24-25H,3-10,14,17-18H2,1-2H3. The monoisotopic (exact) mass is 363 g/mol. The summed E-state index contributed by atoms with van der Waals surface area (Å²) in [5.41, 5.74) is 1.04. The quantitative estimate of drug-likeness (QED) is 0.186. The normalized spacial score (nSPS) is 14.3. The molecule has 1 rings (SSSR count). The molecule has 4 heteroatoms. The maximum Gasteiger partial charge on any atom is 0.115 e. The summed E-state index contributed by atoms with van der Waals surface area (Å²) in [4.78, 5) is 0. The minimum Gasteiger partial charge on any atom is -0.411 e. The molecule has 0 heterocycles. The zero-order valence-corrected chi connectivity index (χ0v) is 16.6. The number of hydrogen-bond donors (Lipinski definition) is 2. The van der Waals surface area contributed by atoms with Gasteiger partial charge in [-0.15, -0.1) is 0 Å². The fourth-order valence-electron chi connectivity index (χ4n) is 3.12. The molecule has 0 saturated heterocycles. The first-order valence-corrected chi connectivity index (χ1v) is 10.3. The number of rotatable bonds is 15. The Labute approximate surface area is 159 Å². The van der Waals surface area contributed by atoms with Crippen LogP contribution < -0.4 is 0 Å². The van der Waals surface area contributed by atoms with Crippen molar-refractivity contribution in [3.8, 4) is 0 Å². The zero-order valence-electron chi connectivity index (χ0n) is 16.6. The lowest BCUT2D eigenvalue weighted by Gasteiger charge is -2.20. The maximum atomic E-state index is 10.4. The number of hydrogen-bond acceptors (Lipinski definition) is 4. The zero-order chi connectivity index (χ0) is 19.0. The van der Waals surface area contributed by atoms with E-state index in [1.165, 1.54) is 44.9 Å². The Kier molecular flexibility index (Phi) is 12.8. The van der Waals surface area contributed by atoms with Crippen LogP contribution in [0.25, 0.3) is 0 Å². The summed E-state index contributed by atoms with van der Waals surface area (Å²) in [6.45, 7) is 5.04. The molecular weight excluding hydrogens is 326 g/mol. The van der Waals surface area contributed by atoms with Crippen LogP contribution >= 0.6 is 0 Å². The smallest absolute Gasteiger partial charge is 0.115 e. The van der Waals surface area contributed by atoms with Gasteiger partial charge in [0, 0.05) is 18.6 Å². The molecule has 2 atom stereocenters. The average Bonchev–Trinajstić information content (AvgIpc) is 2.67. The lowest BCUT2D eigenvalue weighted by Crippen LogP contribution is -2.28. The van der Waals surface area contributed by atoms with Crippen LogP contribution in [-0.4, -0.2) is 34.8 Å². The SMILES string of the molecule is CCCCCCCCCCOC(CC)CC(O)C(=NO)c1ccccc1. The van der Waals surface area contributed by atoms with E-state index in [2.05, 4.69) is 19.0 Å². The molecule has 0 fully saturated rings. The van der Waals surface area contributed by atoms with Crippen LogP contribution in [0.4, 0.5) is 0 Å². The minimum atomic E-state index is -0.828. The van der Waals surface area contributed by atoms with Crippen LogP contribution in [0.1, 0.15) is 83.6 Å². The fraction of sp³-hybridized carbons (Fsp3) is 0.682. The van der Waals surface area contributed by atoms with Crippen molar-refractivity contribution in [1.29, 1.82) is 0 Å². The van der Waals surface area contributed by atoms with Crippen molar-refractivity contribution in [2.24, 2.45) is 5.16 Å². The fourth-order valence-corrected chi connectivity index (χ4v) is 3.12. The molecule has 1 aromatic rings. The second-order valence-corrected chi connectivity index (χ2v) is 6.98. The molecule has 0 aromatic heterocycles. The van der Waals surface area contributed by atoms with Crippen LogP contribution in [0.3, 0.4) is 0 Å². The molecule has 0 spiro atoms. The molecule has 1 aromatic carbocycles. The molecule has 0 saturated carbocycles. The summed E-state index contributed by atoms with van der Waals surface area (Å²) < 4.78 is 5.94. The van der Waals surface area contributed by atoms with Crippen molar-refractivity contribution < 1.29 is 15.1 Å². The maximum absolute atomic E-state index is 10.4. The second kappa shape index (κ2) is 14.7. The average molecular weight is 364 g/mol. The summed E-state index contributed by atoms with van der Waals surface area (Å²) in [7, 11) is 0. The minimum absolute atomic E-state index is 0.0185. The summed E-state index contributed by atoms with van der Waals surface area (Å²) >= 11 is 0. The van der Waals surface area contributed by atoms with Gasteiger partial charge in [-0.1, -0.05) is 94.3 Å². The lowest BCUT2D eigenvalue weighted by atomic mass is 10.00. The van der Waals surface area contributed by atoms with E-state index in [-0.39, 0.29) is 6.10 Å². The summed E-state index contributed by atoms with van der Waals surface area (Å²) in [5.74, 6) is 0. The highest BCUT2D eigenvalue weighted by Crippen LogP contribution is 2.14.